The lowest BCUT2D eigenvalue weighted by Crippen LogP contribution is -2.32. The van der Waals surface area contributed by atoms with Gasteiger partial charge in [0, 0.05) is 31.4 Å². The Kier molecular flexibility index (Phi) is 6.29. The number of nitrogens with one attached hydrogen (secondary N) is 1. The molecule has 0 aliphatic rings. The van der Waals surface area contributed by atoms with Crippen LogP contribution in [0, 0.1) is 0 Å². The van der Waals surface area contributed by atoms with E-state index in [4.69, 9.17) is 5.73 Å². The molecule has 1 aromatic carbocycles. The van der Waals surface area contributed by atoms with Crippen LogP contribution < -0.4 is 11.1 Å². The first kappa shape index (κ1) is 17.2. The van der Waals surface area contributed by atoms with E-state index in [1.54, 1.807) is 12.4 Å². The zero-order chi connectivity index (χ0) is 16.7. The molecule has 4 nitrogen and oxygen atoms in total. The number of nitrogens with zero attached hydrogens (tertiary/aromatic N) is 1. The van der Waals surface area contributed by atoms with Gasteiger partial charge in [0.05, 0.1) is 0 Å². The van der Waals surface area contributed by atoms with Crippen molar-refractivity contribution in [2.75, 3.05) is 6.54 Å². The molecule has 1 atom stereocenters. The molecule has 2 aromatic rings. The molecule has 1 heterocycles. The van der Waals surface area contributed by atoms with Crippen molar-refractivity contribution in [3.8, 4) is 0 Å². The van der Waals surface area contributed by atoms with Gasteiger partial charge in [-0.2, -0.15) is 0 Å². The third kappa shape index (κ3) is 5.49. The lowest BCUT2D eigenvalue weighted by molar-refractivity contribution is -0.121. The summed E-state index contributed by atoms with van der Waals surface area (Å²) in [5.74, 6) is 0.532. The Balaban J connectivity index is 1.77. The molecule has 1 amide bonds. The summed E-state index contributed by atoms with van der Waals surface area (Å²) >= 11 is 0. The lowest BCUT2D eigenvalue weighted by Gasteiger charge is -2.14. The number of hydrogen-bond donors (Lipinski definition) is 2. The van der Waals surface area contributed by atoms with E-state index in [1.165, 1.54) is 5.56 Å². The van der Waals surface area contributed by atoms with Gasteiger partial charge < -0.3 is 11.1 Å². The second kappa shape index (κ2) is 8.44. The molecule has 0 saturated heterocycles. The summed E-state index contributed by atoms with van der Waals surface area (Å²) in [6.07, 6.45) is 4.66. The summed E-state index contributed by atoms with van der Waals surface area (Å²) in [5.41, 5.74) is 9.61. The fourth-order valence-electron chi connectivity index (χ4n) is 2.37. The van der Waals surface area contributed by atoms with E-state index < -0.39 is 0 Å². The SMILES string of the molecule is CC(C)c1ccc(C(N)CNC(=O)CCc2ccncc2)cc1. The predicted molar refractivity (Wildman–Crippen MR) is 93.0 cm³/mol. The standard InChI is InChI=1S/C19H25N3O/c1-14(2)16-4-6-17(7-5-16)18(20)13-22-19(23)8-3-15-9-11-21-12-10-15/h4-7,9-12,14,18H,3,8,13,20H2,1-2H3,(H,22,23). The van der Waals surface area contributed by atoms with Gasteiger partial charge in [-0.3, -0.25) is 9.78 Å². The summed E-state index contributed by atoms with van der Waals surface area (Å²) in [7, 11) is 0. The van der Waals surface area contributed by atoms with Crippen molar-refractivity contribution >= 4 is 5.91 Å². The number of carbonyl (C=O) groups is 1. The molecule has 0 aliphatic carbocycles. The smallest absolute Gasteiger partial charge is 0.220 e. The minimum Gasteiger partial charge on any atom is -0.354 e. The van der Waals surface area contributed by atoms with Crippen molar-refractivity contribution in [3.05, 3.63) is 65.5 Å². The van der Waals surface area contributed by atoms with Gasteiger partial charge in [-0.05, 0) is 41.2 Å². The summed E-state index contributed by atoms with van der Waals surface area (Å²) in [4.78, 5) is 15.9. The van der Waals surface area contributed by atoms with Crippen molar-refractivity contribution < 1.29 is 4.79 Å². The number of amides is 1. The highest BCUT2D eigenvalue weighted by atomic mass is 16.1. The zero-order valence-corrected chi connectivity index (χ0v) is 13.8. The Labute approximate surface area is 138 Å². The second-order valence-electron chi connectivity index (χ2n) is 6.09. The van der Waals surface area contributed by atoms with Crippen LogP contribution in [-0.2, 0) is 11.2 Å². The van der Waals surface area contributed by atoms with E-state index in [1.807, 2.05) is 24.3 Å². The summed E-state index contributed by atoms with van der Waals surface area (Å²) < 4.78 is 0. The number of carbonyl (C=O) groups excluding carboxylic acids is 1. The quantitative estimate of drug-likeness (QED) is 0.826. The molecule has 1 unspecified atom stereocenters. The fourth-order valence-corrected chi connectivity index (χ4v) is 2.37. The van der Waals surface area contributed by atoms with Crippen molar-refractivity contribution in [2.24, 2.45) is 5.73 Å². The molecular weight excluding hydrogens is 286 g/mol. The maximum Gasteiger partial charge on any atom is 0.220 e. The molecule has 0 bridgehead atoms. The van der Waals surface area contributed by atoms with E-state index >= 15 is 0 Å². The number of nitrogens with two attached hydrogens (primary N) is 1. The Morgan fingerprint density at radius 1 is 1.09 bits per heavy atom. The van der Waals surface area contributed by atoms with Gasteiger partial charge >= 0.3 is 0 Å². The average molecular weight is 311 g/mol. The number of aryl methyl sites for hydroxylation is 1. The van der Waals surface area contributed by atoms with Crippen molar-refractivity contribution in [1.82, 2.24) is 10.3 Å². The summed E-state index contributed by atoms with van der Waals surface area (Å²) in [5, 5.41) is 2.91. The second-order valence-corrected chi connectivity index (χ2v) is 6.09. The van der Waals surface area contributed by atoms with Crippen molar-refractivity contribution in [2.45, 2.75) is 38.6 Å². The molecule has 2 rings (SSSR count). The highest BCUT2D eigenvalue weighted by Crippen LogP contribution is 2.17. The van der Waals surface area contributed by atoms with E-state index in [2.05, 4.69) is 36.3 Å². The van der Waals surface area contributed by atoms with Crippen LogP contribution >= 0.6 is 0 Å². The molecule has 0 radical (unpaired) electrons. The number of rotatable bonds is 7. The Morgan fingerprint density at radius 3 is 2.30 bits per heavy atom. The fraction of sp³-hybridized carbons (Fsp3) is 0.368. The zero-order valence-electron chi connectivity index (χ0n) is 13.8. The van der Waals surface area contributed by atoms with Gasteiger partial charge in [-0.1, -0.05) is 38.1 Å². The Bertz CT molecular complexity index is 608. The minimum atomic E-state index is -0.180. The van der Waals surface area contributed by atoms with Crippen LogP contribution in [0.3, 0.4) is 0 Å². The molecule has 23 heavy (non-hydrogen) atoms. The van der Waals surface area contributed by atoms with Gasteiger partial charge in [-0.25, -0.2) is 0 Å². The molecule has 1 aromatic heterocycles. The Hall–Kier alpha value is -2.20. The Morgan fingerprint density at radius 2 is 1.70 bits per heavy atom. The van der Waals surface area contributed by atoms with E-state index in [-0.39, 0.29) is 11.9 Å². The molecule has 4 heteroatoms. The van der Waals surface area contributed by atoms with Crippen LogP contribution in [0.4, 0.5) is 0 Å². The van der Waals surface area contributed by atoms with Gasteiger partial charge in [0.2, 0.25) is 5.91 Å². The van der Waals surface area contributed by atoms with E-state index in [0.717, 1.165) is 11.1 Å². The van der Waals surface area contributed by atoms with E-state index in [0.29, 0.717) is 25.3 Å². The molecule has 0 saturated carbocycles. The van der Waals surface area contributed by atoms with Crippen LogP contribution in [0.25, 0.3) is 0 Å². The molecule has 0 spiro atoms. The number of aromatic nitrogens is 1. The van der Waals surface area contributed by atoms with Crippen LogP contribution in [0.15, 0.2) is 48.8 Å². The number of hydrogen-bond acceptors (Lipinski definition) is 3. The van der Waals surface area contributed by atoms with Crippen LogP contribution in [-0.4, -0.2) is 17.4 Å². The third-order valence-electron chi connectivity index (χ3n) is 3.94. The number of benzene rings is 1. The largest absolute Gasteiger partial charge is 0.354 e. The van der Waals surface area contributed by atoms with Crippen molar-refractivity contribution in [1.29, 1.82) is 0 Å². The predicted octanol–water partition coefficient (Wildman–Crippen LogP) is 2.95. The molecule has 3 N–H and O–H groups in total. The molecule has 0 aliphatic heterocycles. The van der Waals surface area contributed by atoms with Crippen LogP contribution in [0.2, 0.25) is 0 Å². The van der Waals surface area contributed by atoms with E-state index in [9.17, 15) is 4.79 Å². The first-order valence-electron chi connectivity index (χ1n) is 8.07. The van der Waals surface area contributed by atoms with Gasteiger partial charge in [0.25, 0.3) is 0 Å². The summed E-state index contributed by atoms with van der Waals surface area (Å²) in [6.45, 7) is 4.78. The topological polar surface area (TPSA) is 68.0 Å². The maximum atomic E-state index is 11.9. The maximum absolute atomic E-state index is 11.9. The van der Waals surface area contributed by atoms with Gasteiger partial charge in [0.1, 0.15) is 0 Å². The summed E-state index contributed by atoms with van der Waals surface area (Å²) in [6, 6.07) is 12.0. The highest BCUT2D eigenvalue weighted by Gasteiger charge is 2.09. The molecular formula is C19H25N3O. The number of pyridine rings is 1. The molecule has 0 fully saturated rings. The average Bonchev–Trinajstić information content (AvgIpc) is 2.58. The lowest BCUT2D eigenvalue weighted by atomic mass is 9.99. The van der Waals surface area contributed by atoms with Gasteiger partial charge in [-0.15, -0.1) is 0 Å². The van der Waals surface area contributed by atoms with Crippen LogP contribution in [0.1, 0.15) is 48.9 Å². The van der Waals surface area contributed by atoms with Crippen LogP contribution in [0.5, 0.6) is 0 Å². The highest BCUT2D eigenvalue weighted by molar-refractivity contribution is 5.76. The first-order valence-corrected chi connectivity index (χ1v) is 8.07. The van der Waals surface area contributed by atoms with Crippen molar-refractivity contribution in [3.63, 3.8) is 0 Å². The minimum absolute atomic E-state index is 0.0241. The van der Waals surface area contributed by atoms with Gasteiger partial charge in [0.15, 0.2) is 0 Å². The third-order valence-corrected chi connectivity index (χ3v) is 3.94. The monoisotopic (exact) mass is 311 g/mol. The normalized spacial score (nSPS) is 12.2. The first-order chi connectivity index (χ1) is 11.1. The molecule has 122 valence electrons.